The number of carbonyl (C=O) groups is 1. The molecule has 1 aromatic rings. The normalized spacial score (nSPS) is 13.9. The minimum absolute atomic E-state index is 0.764. The fraction of sp³-hybridized carbons (Fsp3) is 0.182. The van der Waals surface area contributed by atoms with E-state index >= 15 is 0 Å². The summed E-state index contributed by atoms with van der Waals surface area (Å²) in [5.41, 5.74) is 2.90. The maximum absolute atomic E-state index is 10.7. The predicted molar refractivity (Wildman–Crippen MR) is 53.5 cm³/mol. The molecule has 0 aromatic carbocycles. The van der Waals surface area contributed by atoms with Crippen LogP contribution in [0.2, 0.25) is 0 Å². The summed E-state index contributed by atoms with van der Waals surface area (Å²) in [5.74, 6) is 0. The summed E-state index contributed by atoms with van der Waals surface area (Å²) in [7, 11) is 1.95. The maximum Gasteiger partial charge on any atom is 0.152 e. The second-order valence-corrected chi connectivity index (χ2v) is 3.15. The number of carbonyl (C=O) groups excluding carboxylic acids is 1. The molecule has 66 valence electrons. The van der Waals surface area contributed by atoms with E-state index in [0.717, 1.165) is 29.5 Å². The van der Waals surface area contributed by atoms with Crippen molar-refractivity contribution in [3.8, 4) is 0 Å². The second-order valence-electron chi connectivity index (χ2n) is 3.15. The number of aldehydes is 1. The van der Waals surface area contributed by atoms with E-state index in [9.17, 15) is 4.79 Å². The highest BCUT2D eigenvalue weighted by atomic mass is 16.1. The average Bonchev–Trinajstić information content (AvgIpc) is 2.38. The zero-order valence-corrected chi connectivity index (χ0v) is 7.53. The maximum atomic E-state index is 10.7. The van der Waals surface area contributed by atoms with Crippen LogP contribution in [0.3, 0.4) is 0 Å². The van der Waals surface area contributed by atoms with Crippen molar-refractivity contribution < 1.29 is 4.79 Å². The van der Waals surface area contributed by atoms with Gasteiger partial charge in [0, 0.05) is 30.1 Å². The van der Waals surface area contributed by atoms with E-state index in [1.54, 1.807) is 0 Å². The van der Waals surface area contributed by atoms with Gasteiger partial charge in [0.1, 0.15) is 0 Å². The van der Waals surface area contributed by atoms with Crippen LogP contribution in [0.5, 0.6) is 0 Å². The van der Waals surface area contributed by atoms with Gasteiger partial charge in [-0.25, -0.2) is 0 Å². The molecule has 0 radical (unpaired) electrons. The molecule has 13 heavy (non-hydrogen) atoms. The van der Waals surface area contributed by atoms with Gasteiger partial charge in [-0.05, 0) is 12.5 Å². The van der Waals surface area contributed by atoms with Crippen LogP contribution in [0.25, 0.3) is 12.2 Å². The van der Waals surface area contributed by atoms with E-state index in [-0.39, 0.29) is 0 Å². The molecule has 0 atom stereocenters. The van der Waals surface area contributed by atoms with Gasteiger partial charge in [0.25, 0.3) is 0 Å². The summed E-state index contributed by atoms with van der Waals surface area (Å²) >= 11 is 0. The van der Waals surface area contributed by atoms with Crippen molar-refractivity contribution in [1.29, 1.82) is 0 Å². The van der Waals surface area contributed by atoms with Crippen LogP contribution in [0.1, 0.15) is 28.0 Å². The summed E-state index contributed by atoms with van der Waals surface area (Å²) in [6.45, 7) is 0. The van der Waals surface area contributed by atoms with Crippen molar-refractivity contribution in [2.75, 3.05) is 0 Å². The minimum atomic E-state index is 0.764. The van der Waals surface area contributed by atoms with Crippen molar-refractivity contribution in [3.05, 3.63) is 35.2 Å². The summed E-state index contributed by atoms with van der Waals surface area (Å²) in [6.07, 6.45) is 11.9. The van der Waals surface area contributed by atoms with Crippen molar-refractivity contribution >= 4 is 18.4 Å². The molecule has 0 spiro atoms. The standard InChI is InChI=1S/C11H11NO/c1-12-7-9(8-13)10-5-3-2-4-6-11(10)12/h3-8H,2H2,1H3. The molecule has 0 aliphatic heterocycles. The van der Waals surface area contributed by atoms with Gasteiger partial charge in [0.2, 0.25) is 0 Å². The van der Waals surface area contributed by atoms with E-state index in [0.29, 0.717) is 0 Å². The number of allylic oxidation sites excluding steroid dienone is 2. The number of rotatable bonds is 1. The fourth-order valence-corrected chi connectivity index (χ4v) is 1.61. The molecule has 0 N–H and O–H groups in total. The molecular formula is C11H11NO. The number of aromatic nitrogens is 1. The van der Waals surface area contributed by atoms with E-state index in [1.807, 2.05) is 23.9 Å². The van der Waals surface area contributed by atoms with Crippen molar-refractivity contribution in [3.63, 3.8) is 0 Å². The van der Waals surface area contributed by atoms with Crippen molar-refractivity contribution in [2.24, 2.45) is 7.05 Å². The molecule has 1 aromatic heterocycles. The van der Waals surface area contributed by atoms with E-state index in [1.165, 1.54) is 0 Å². The molecule has 0 unspecified atom stereocenters. The number of aryl methyl sites for hydroxylation is 1. The Morgan fingerprint density at radius 1 is 1.38 bits per heavy atom. The minimum Gasteiger partial charge on any atom is -0.350 e. The topological polar surface area (TPSA) is 22.0 Å². The van der Waals surface area contributed by atoms with Crippen LogP contribution in [0, 0.1) is 0 Å². The Balaban J connectivity index is 2.68. The lowest BCUT2D eigenvalue weighted by molar-refractivity contribution is 0.112. The molecule has 2 rings (SSSR count). The third-order valence-corrected chi connectivity index (χ3v) is 2.26. The van der Waals surface area contributed by atoms with Crippen LogP contribution in [-0.2, 0) is 7.05 Å². The molecule has 1 heterocycles. The Kier molecular flexibility index (Phi) is 1.89. The van der Waals surface area contributed by atoms with Crippen LogP contribution in [-0.4, -0.2) is 10.9 Å². The molecule has 1 aliphatic carbocycles. The zero-order valence-electron chi connectivity index (χ0n) is 7.53. The summed E-state index contributed by atoms with van der Waals surface area (Å²) in [6, 6.07) is 0. The summed E-state index contributed by atoms with van der Waals surface area (Å²) in [4.78, 5) is 10.7. The van der Waals surface area contributed by atoms with Gasteiger partial charge in [-0.15, -0.1) is 0 Å². The molecule has 0 amide bonds. The molecule has 0 fully saturated rings. The highest BCUT2D eigenvalue weighted by molar-refractivity contribution is 5.85. The van der Waals surface area contributed by atoms with Crippen LogP contribution in [0.15, 0.2) is 18.3 Å². The lowest BCUT2D eigenvalue weighted by Crippen LogP contribution is -1.88. The van der Waals surface area contributed by atoms with Gasteiger partial charge in [0.05, 0.1) is 0 Å². The van der Waals surface area contributed by atoms with Crippen LogP contribution in [0.4, 0.5) is 0 Å². The fourth-order valence-electron chi connectivity index (χ4n) is 1.61. The molecule has 1 aliphatic rings. The molecule has 2 heteroatoms. The highest BCUT2D eigenvalue weighted by Crippen LogP contribution is 2.21. The largest absolute Gasteiger partial charge is 0.350 e. The summed E-state index contributed by atoms with van der Waals surface area (Å²) in [5, 5.41) is 0. The Morgan fingerprint density at radius 3 is 2.92 bits per heavy atom. The Morgan fingerprint density at radius 2 is 2.15 bits per heavy atom. The van der Waals surface area contributed by atoms with E-state index in [2.05, 4.69) is 18.2 Å². The first-order valence-corrected chi connectivity index (χ1v) is 4.30. The van der Waals surface area contributed by atoms with E-state index < -0.39 is 0 Å². The number of hydrogen-bond donors (Lipinski definition) is 0. The average molecular weight is 173 g/mol. The predicted octanol–water partition coefficient (Wildman–Crippen LogP) is 2.27. The van der Waals surface area contributed by atoms with Crippen LogP contribution < -0.4 is 0 Å². The van der Waals surface area contributed by atoms with Gasteiger partial charge >= 0.3 is 0 Å². The third kappa shape index (κ3) is 1.24. The molecule has 2 nitrogen and oxygen atoms in total. The molecule has 0 bridgehead atoms. The first-order valence-electron chi connectivity index (χ1n) is 4.30. The molecular weight excluding hydrogens is 162 g/mol. The van der Waals surface area contributed by atoms with Gasteiger partial charge in [-0.1, -0.05) is 18.2 Å². The second kappa shape index (κ2) is 3.05. The number of hydrogen-bond acceptors (Lipinski definition) is 1. The highest BCUT2D eigenvalue weighted by Gasteiger charge is 2.09. The monoisotopic (exact) mass is 173 g/mol. The lowest BCUT2D eigenvalue weighted by atomic mass is 10.1. The van der Waals surface area contributed by atoms with Gasteiger partial charge in [0.15, 0.2) is 6.29 Å². The quantitative estimate of drug-likeness (QED) is 0.597. The summed E-state index contributed by atoms with van der Waals surface area (Å²) < 4.78 is 1.98. The Labute approximate surface area is 77.2 Å². The van der Waals surface area contributed by atoms with Gasteiger partial charge in [-0.3, -0.25) is 4.79 Å². The lowest BCUT2D eigenvalue weighted by Gasteiger charge is -1.96. The number of nitrogens with zero attached hydrogens (tertiary/aromatic N) is 1. The Bertz CT molecular complexity index is 396. The zero-order chi connectivity index (χ0) is 9.26. The van der Waals surface area contributed by atoms with Crippen LogP contribution >= 0.6 is 0 Å². The van der Waals surface area contributed by atoms with Gasteiger partial charge < -0.3 is 4.57 Å². The number of fused-ring (bicyclic) bond motifs is 1. The SMILES string of the molecule is Cn1cc(C=O)c2c1C=CCC=C2. The molecule has 0 saturated carbocycles. The van der Waals surface area contributed by atoms with Crippen molar-refractivity contribution in [1.82, 2.24) is 4.57 Å². The first-order chi connectivity index (χ1) is 6.33. The third-order valence-electron chi connectivity index (χ3n) is 2.26. The van der Waals surface area contributed by atoms with E-state index in [4.69, 9.17) is 0 Å². The molecule has 0 saturated heterocycles. The first kappa shape index (κ1) is 8.05. The van der Waals surface area contributed by atoms with Gasteiger partial charge in [-0.2, -0.15) is 0 Å². The van der Waals surface area contributed by atoms with Crippen molar-refractivity contribution in [2.45, 2.75) is 6.42 Å². The smallest absolute Gasteiger partial charge is 0.152 e. The Hall–Kier alpha value is -1.57.